The highest BCUT2D eigenvalue weighted by Gasteiger charge is 2.30. The number of nitrogens with one attached hydrogen (secondary N) is 1. The SMILES string of the molecule is CCOC(=O)C(=O)NC1CCOC(C)(C)C1. The summed E-state index contributed by atoms with van der Waals surface area (Å²) >= 11 is 0. The molecule has 1 atom stereocenters. The number of ether oxygens (including phenoxy) is 2. The minimum atomic E-state index is -0.813. The largest absolute Gasteiger partial charge is 0.459 e. The summed E-state index contributed by atoms with van der Waals surface area (Å²) in [5.74, 6) is -1.48. The van der Waals surface area contributed by atoms with Crippen molar-refractivity contribution in [1.29, 1.82) is 0 Å². The van der Waals surface area contributed by atoms with Crippen LogP contribution in [0.25, 0.3) is 0 Å². The fraction of sp³-hybridized carbons (Fsp3) is 0.818. The Kier molecular flexibility index (Phi) is 4.29. The molecule has 5 nitrogen and oxygen atoms in total. The summed E-state index contributed by atoms with van der Waals surface area (Å²) in [7, 11) is 0. The molecule has 1 fully saturated rings. The van der Waals surface area contributed by atoms with Gasteiger partial charge >= 0.3 is 11.9 Å². The molecule has 0 radical (unpaired) electrons. The predicted molar refractivity (Wildman–Crippen MR) is 57.8 cm³/mol. The molecule has 16 heavy (non-hydrogen) atoms. The molecule has 1 aliphatic rings. The van der Waals surface area contributed by atoms with Crippen molar-refractivity contribution in [2.24, 2.45) is 0 Å². The van der Waals surface area contributed by atoms with Gasteiger partial charge in [-0.1, -0.05) is 0 Å². The normalized spacial score (nSPS) is 23.6. The fourth-order valence-corrected chi connectivity index (χ4v) is 1.80. The van der Waals surface area contributed by atoms with E-state index in [0.717, 1.165) is 6.42 Å². The first kappa shape index (κ1) is 13.0. The van der Waals surface area contributed by atoms with Gasteiger partial charge in [-0.05, 0) is 33.6 Å². The van der Waals surface area contributed by atoms with Crippen molar-refractivity contribution in [3.05, 3.63) is 0 Å². The molecule has 0 aliphatic carbocycles. The van der Waals surface area contributed by atoms with Crippen LogP contribution in [-0.2, 0) is 19.1 Å². The van der Waals surface area contributed by atoms with Crippen LogP contribution >= 0.6 is 0 Å². The molecule has 1 rings (SSSR count). The first-order valence-electron chi connectivity index (χ1n) is 5.56. The predicted octanol–water partition coefficient (Wildman–Crippen LogP) is 0.623. The Balaban J connectivity index is 2.42. The lowest BCUT2D eigenvalue weighted by molar-refractivity contribution is -0.155. The van der Waals surface area contributed by atoms with Gasteiger partial charge in [0.2, 0.25) is 0 Å². The number of rotatable bonds is 2. The minimum Gasteiger partial charge on any atom is -0.459 e. The molecule has 1 heterocycles. The van der Waals surface area contributed by atoms with Crippen molar-refractivity contribution in [3.8, 4) is 0 Å². The van der Waals surface area contributed by atoms with Gasteiger partial charge in [0.25, 0.3) is 0 Å². The monoisotopic (exact) mass is 229 g/mol. The van der Waals surface area contributed by atoms with Gasteiger partial charge in [0.05, 0.1) is 12.2 Å². The van der Waals surface area contributed by atoms with Crippen LogP contribution in [-0.4, -0.2) is 36.7 Å². The van der Waals surface area contributed by atoms with Gasteiger partial charge in [-0.3, -0.25) is 4.79 Å². The second-order valence-electron chi connectivity index (χ2n) is 4.49. The summed E-state index contributed by atoms with van der Waals surface area (Å²) in [6.45, 7) is 6.42. The first-order valence-corrected chi connectivity index (χ1v) is 5.56. The molecule has 0 spiro atoms. The van der Waals surface area contributed by atoms with Crippen LogP contribution in [0.2, 0.25) is 0 Å². The summed E-state index contributed by atoms with van der Waals surface area (Å²) < 4.78 is 10.1. The maximum absolute atomic E-state index is 11.4. The highest BCUT2D eigenvalue weighted by Crippen LogP contribution is 2.23. The first-order chi connectivity index (χ1) is 7.44. The minimum absolute atomic E-state index is 0.0133. The Morgan fingerprint density at radius 2 is 2.19 bits per heavy atom. The van der Waals surface area contributed by atoms with Gasteiger partial charge in [0, 0.05) is 12.6 Å². The quantitative estimate of drug-likeness (QED) is 0.557. The van der Waals surface area contributed by atoms with E-state index in [9.17, 15) is 9.59 Å². The average Bonchev–Trinajstić information content (AvgIpc) is 2.16. The molecule has 0 aromatic carbocycles. The maximum Gasteiger partial charge on any atom is 0.396 e. The van der Waals surface area contributed by atoms with E-state index in [0.29, 0.717) is 13.0 Å². The Hall–Kier alpha value is -1.10. The lowest BCUT2D eigenvalue weighted by atomic mass is 9.94. The molecule has 0 aromatic heterocycles. The number of hydrogen-bond donors (Lipinski definition) is 1. The summed E-state index contributed by atoms with van der Waals surface area (Å²) in [5.41, 5.74) is -0.245. The van der Waals surface area contributed by atoms with Gasteiger partial charge < -0.3 is 14.8 Å². The molecule has 0 aromatic rings. The topological polar surface area (TPSA) is 64.6 Å². The number of carbonyl (C=O) groups excluding carboxylic acids is 2. The van der Waals surface area contributed by atoms with Crippen molar-refractivity contribution in [2.45, 2.75) is 45.3 Å². The lowest BCUT2D eigenvalue weighted by Crippen LogP contribution is -2.47. The van der Waals surface area contributed by atoms with Crippen LogP contribution in [0.1, 0.15) is 33.6 Å². The number of amides is 1. The smallest absolute Gasteiger partial charge is 0.396 e. The second kappa shape index (κ2) is 5.30. The molecular formula is C11H19NO4. The average molecular weight is 229 g/mol. The van der Waals surface area contributed by atoms with Crippen LogP contribution in [0, 0.1) is 0 Å². The number of esters is 1. The fourth-order valence-electron chi connectivity index (χ4n) is 1.80. The van der Waals surface area contributed by atoms with Crippen molar-refractivity contribution in [3.63, 3.8) is 0 Å². The molecule has 0 bridgehead atoms. The standard InChI is InChI=1S/C11H19NO4/c1-4-15-10(14)9(13)12-8-5-6-16-11(2,3)7-8/h8H,4-7H2,1-3H3,(H,12,13). The van der Waals surface area contributed by atoms with E-state index in [1.807, 2.05) is 13.8 Å². The molecule has 1 saturated heterocycles. The van der Waals surface area contributed by atoms with Crippen LogP contribution in [0.3, 0.4) is 0 Å². The Bertz CT molecular complexity index is 275. The Morgan fingerprint density at radius 3 is 2.75 bits per heavy atom. The number of carbonyl (C=O) groups is 2. The highest BCUT2D eigenvalue weighted by atomic mass is 16.5. The van der Waals surface area contributed by atoms with Gasteiger partial charge in [-0.15, -0.1) is 0 Å². The lowest BCUT2D eigenvalue weighted by Gasteiger charge is -2.35. The van der Waals surface area contributed by atoms with Crippen molar-refractivity contribution in [2.75, 3.05) is 13.2 Å². The molecular weight excluding hydrogens is 210 g/mol. The van der Waals surface area contributed by atoms with Crippen LogP contribution in [0.5, 0.6) is 0 Å². The van der Waals surface area contributed by atoms with Crippen LogP contribution < -0.4 is 5.32 Å². The van der Waals surface area contributed by atoms with E-state index in [-0.39, 0.29) is 18.2 Å². The summed E-state index contributed by atoms with van der Waals surface area (Å²) in [6.07, 6.45) is 1.44. The number of hydrogen-bond acceptors (Lipinski definition) is 4. The zero-order valence-corrected chi connectivity index (χ0v) is 10.0. The van der Waals surface area contributed by atoms with E-state index in [1.54, 1.807) is 6.92 Å². The third-order valence-electron chi connectivity index (χ3n) is 2.49. The van der Waals surface area contributed by atoms with Crippen LogP contribution in [0.15, 0.2) is 0 Å². The molecule has 1 aliphatic heterocycles. The van der Waals surface area contributed by atoms with Crippen LogP contribution in [0.4, 0.5) is 0 Å². The zero-order chi connectivity index (χ0) is 12.2. The van der Waals surface area contributed by atoms with E-state index in [1.165, 1.54) is 0 Å². The van der Waals surface area contributed by atoms with E-state index in [4.69, 9.17) is 4.74 Å². The molecule has 5 heteroatoms. The molecule has 1 amide bonds. The van der Waals surface area contributed by atoms with Gasteiger partial charge in [-0.25, -0.2) is 4.79 Å². The summed E-state index contributed by atoms with van der Waals surface area (Å²) in [6, 6.07) is -0.0133. The molecule has 1 N–H and O–H groups in total. The van der Waals surface area contributed by atoms with E-state index < -0.39 is 11.9 Å². The van der Waals surface area contributed by atoms with E-state index >= 15 is 0 Å². The molecule has 1 unspecified atom stereocenters. The Labute approximate surface area is 95.5 Å². The second-order valence-corrected chi connectivity index (χ2v) is 4.49. The van der Waals surface area contributed by atoms with Crippen molar-refractivity contribution in [1.82, 2.24) is 5.32 Å². The Morgan fingerprint density at radius 1 is 1.50 bits per heavy atom. The summed E-state index contributed by atoms with van der Waals surface area (Å²) in [5, 5.41) is 2.67. The van der Waals surface area contributed by atoms with Gasteiger partial charge in [0.1, 0.15) is 0 Å². The van der Waals surface area contributed by atoms with Crippen molar-refractivity contribution < 1.29 is 19.1 Å². The van der Waals surface area contributed by atoms with Gasteiger partial charge in [-0.2, -0.15) is 0 Å². The third-order valence-corrected chi connectivity index (χ3v) is 2.49. The summed E-state index contributed by atoms with van der Waals surface area (Å²) in [4.78, 5) is 22.5. The highest BCUT2D eigenvalue weighted by molar-refractivity contribution is 6.32. The van der Waals surface area contributed by atoms with Gasteiger partial charge in [0.15, 0.2) is 0 Å². The van der Waals surface area contributed by atoms with Crippen molar-refractivity contribution >= 4 is 11.9 Å². The molecule has 0 saturated carbocycles. The van der Waals surface area contributed by atoms with E-state index in [2.05, 4.69) is 10.1 Å². The third kappa shape index (κ3) is 3.81. The maximum atomic E-state index is 11.4. The molecule has 92 valence electrons. The zero-order valence-electron chi connectivity index (χ0n) is 10.0.